The standard InChI is InChI=1S/C14H16N4O2S/c1-9(21-14-17-11(15)7-12(19)18-14)13(20)16-8-10-5-3-2-4-6-10/h2-7,9H,8H2,1H3,(H,16,20)(H3,15,17,18,19). The normalized spacial score (nSPS) is 11.9. The minimum atomic E-state index is -0.390. The number of nitrogens with one attached hydrogen (secondary N) is 2. The quantitative estimate of drug-likeness (QED) is 0.568. The van der Waals surface area contributed by atoms with Crippen molar-refractivity contribution in [1.82, 2.24) is 15.3 Å². The van der Waals surface area contributed by atoms with Crippen LogP contribution in [0.25, 0.3) is 0 Å². The number of nitrogen functional groups attached to an aromatic ring is 1. The number of H-pyrrole nitrogens is 1. The van der Waals surface area contributed by atoms with E-state index in [2.05, 4.69) is 15.3 Å². The van der Waals surface area contributed by atoms with Gasteiger partial charge in [-0.2, -0.15) is 0 Å². The van der Waals surface area contributed by atoms with E-state index in [1.807, 2.05) is 30.3 Å². The molecule has 0 saturated heterocycles. The average molecular weight is 304 g/mol. The number of amides is 1. The Kier molecular flexibility index (Phi) is 4.99. The Morgan fingerprint density at radius 3 is 2.81 bits per heavy atom. The Labute approximate surface area is 126 Å². The lowest BCUT2D eigenvalue weighted by Crippen LogP contribution is -2.30. The van der Waals surface area contributed by atoms with Gasteiger partial charge in [0.2, 0.25) is 5.91 Å². The first-order valence-corrected chi connectivity index (χ1v) is 7.27. The number of hydrogen-bond acceptors (Lipinski definition) is 5. The lowest BCUT2D eigenvalue weighted by atomic mass is 10.2. The minimum absolute atomic E-state index is 0.131. The summed E-state index contributed by atoms with van der Waals surface area (Å²) in [6.45, 7) is 2.21. The highest BCUT2D eigenvalue weighted by Gasteiger charge is 2.15. The molecular weight excluding hydrogens is 288 g/mol. The minimum Gasteiger partial charge on any atom is -0.383 e. The predicted molar refractivity (Wildman–Crippen MR) is 82.9 cm³/mol. The molecule has 110 valence electrons. The Balaban J connectivity index is 1.92. The largest absolute Gasteiger partial charge is 0.383 e. The molecule has 0 aliphatic rings. The van der Waals surface area contributed by atoms with Gasteiger partial charge in [0.05, 0.1) is 5.25 Å². The fraction of sp³-hybridized carbons (Fsp3) is 0.214. The highest BCUT2D eigenvalue weighted by atomic mass is 32.2. The summed E-state index contributed by atoms with van der Waals surface area (Å²) in [6, 6.07) is 10.8. The smallest absolute Gasteiger partial charge is 0.253 e. The van der Waals surface area contributed by atoms with Crippen LogP contribution < -0.4 is 16.6 Å². The van der Waals surface area contributed by atoms with Crippen LogP contribution in [-0.4, -0.2) is 21.1 Å². The van der Waals surface area contributed by atoms with E-state index < -0.39 is 5.25 Å². The molecule has 0 radical (unpaired) electrons. The number of hydrogen-bond donors (Lipinski definition) is 3. The number of anilines is 1. The van der Waals surface area contributed by atoms with Crippen molar-refractivity contribution in [3.63, 3.8) is 0 Å². The van der Waals surface area contributed by atoms with Gasteiger partial charge >= 0.3 is 0 Å². The van der Waals surface area contributed by atoms with Crippen LogP contribution in [-0.2, 0) is 11.3 Å². The zero-order chi connectivity index (χ0) is 15.2. The summed E-state index contributed by atoms with van der Waals surface area (Å²) >= 11 is 1.16. The van der Waals surface area contributed by atoms with Crippen LogP contribution in [0.15, 0.2) is 46.3 Å². The highest BCUT2D eigenvalue weighted by Crippen LogP contribution is 2.18. The Hall–Kier alpha value is -2.28. The Bertz CT molecular complexity index is 672. The van der Waals surface area contributed by atoms with E-state index >= 15 is 0 Å². The molecule has 0 aliphatic heterocycles. The van der Waals surface area contributed by atoms with Crippen molar-refractivity contribution in [1.29, 1.82) is 0 Å². The zero-order valence-corrected chi connectivity index (χ0v) is 12.3. The molecule has 0 fully saturated rings. The Morgan fingerprint density at radius 1 is 1.43 bits per heavy atom. The van der Waals surface area contributed by atoms with Crippen molar-refractivity contribution >= 4 is 23.5 Å². The summed E-state index contributed by atoms with van der Waals surface area (Å²) in [6.07, 6.45) is 0. The van der Waals surface area contributed by atoms with Gasteiger partial charge in [0.1, 0.15) is 5.82 Å². The number of carbonyl (C=O) groups is 1. The third-order valence-corrected chi connectivity index (χ3v) is 3.69. The molecule has 1 unspecified atom stereocenters. The van der Waals surface area contributed by atoms with Crippen molar-refractivity contribution < 1.29 is 4.79 Å². The molecule has 1 aromatic heterocycles. The summed E-state index contributed by atoms with van der Waals surface area (Å²) < 4.78 is 0. The summed E-state index contributed by atoms with van der Waals surface area (Å²) in [4.78, 5) is 29.8. The van der Waals surface area contributed by atoms with E-state index in [1.165, 1.54) is 6.07 Å². The second kappa shape index (κ2) is 6.94. The van der Waals surface area contributed by atoms with Crippen LogP contribution in [0.5, 0.6) is 0 Å². The first-order valence-electron chi connectivity index (χ1n) is 6.40. The van der Waals surface area contributed by atoms with Gasteiger partial charge < -0.3 is 16.0 Å². The van der Waals surface area contributed by atoms with Crippen molar-refractivity contribution in [3.8, 4) is 0 Å². The van der Waals surface area contributed by atoms with Crippen LogP contribution in [0.2, 0.25) is 0 Å². The van der Waals surface area contributed by atoms with Gasteiger partial charge in [0, 0.05) is 12.6 Å². The Morgan fingerprint density at radius 2 is 2.14 bits per heavy atom. The summed E-state index contributed by atoms with van der Waals surface area (Å²) in [5, 5.41) is 2.78. The first-order chi connectivity index (χ1) is 10.0. The fourth-order valence-corrected chi connectivity index (χ4v) is 2.50. The second-order valence-electron chi connectivity index (χ2n) is 4.44. The molecule has 4 N–H and O–H groups in total. The SMILES string of the molecule is CC(Sc1nc(N)cc(=O)[nH]1)C(=O)NCc1ccccc1. The van der Waals surface area contributed by atoms with Gasteiger partial charge in [0.25, 0.3) is 5.56 Å². The molecule has 0 spiro atoms. The van der Waals surface area contributed by atoms with E-state index in [1.54, 1.807) is 6.92 Å². The molecule has 2 aromatic rings. The number of rotatable bonds is 5. The van der Waals surface area contributed by atoms with E-state index in [0.29, 0.717) is 11.7 Å². The summed E-state index contributed by atoms with van der Waals surface area (Å²) in [7, 11) is 0. The van der Waals surface area contributed by atoms with Crippen LogP contribution >= 0.6 is 11.8 Å². The third-order valence-electron chi connectivity index (χ3n) is 2.71. The number of nitrogens with two attached hydrogens (primary N) is 1. The molecule has 7 heteroatoms. The van der Waals surface area contributed by atoms with Gasteiger partial charge in [-0.3, -0.25) is 9.59 Å². The van der Waals surface area contributed by atoms with Crippen LogP contribution in [0, 0.1) is 0 Å². The van der Waals surface area contributed by atoms with Crippen LogP contribution in [0.4, 0.5) is 5.82 Å². The van der Waals surface area contributed by atoms with Crippen molar-refractivity contribution in [2.45, 2.75) is 23.9 Å². The van der Waals surface area contributed by atoms with Crippen LogP contribution in [0.1, 0.15) is 12.5 Å². The number of nitrogens with zero attached hydrogens (tertiary/aromatic N) is 1. The van der Waals surface area contributed by atoms with Gasteiger partial charge in [-0.25, -0.2) is 4.98 Å². The van der Waals surface area contributed by atoms with E-state index in [9.17, 15) is 9.59 Å². The van der Waals surface area contributed by atoms with Gasteiger partial charge in [-0.15, -0.1) is 0 Å². The molecule has 6 nitrogen and oxygen atoms in total. The molecule has 21 heavy (non-hydrogen) atoms. The molecule has 0 aliphatic carbocycles. The molecule has 2 rings (SSSR count). The molecular formula is C14H16N4O2S. The summed E-state index contributed by atoms with van der Waals surface area (Å²) in [5.41, 5.74) is 6.20. The van der Waals surface area contributed by atoms with Gasteiger partial charge in [0.15, 0.2) is 5.16 Å². The topological polar surface area (TPSA) is 101 Å². The van der Waals surface area contributed by atoms with E-state index in [0.717, 1.165) is 17.3 Å². The highest BCUT2D eigenvalue weighted by molar-refractivity contribution is 8.00. The lowest BCUT2D eigenvalue weighted by Gasteiger charge is -2.11. The lowest BCUT2D eigenvalue weighted by molar-refractivity contribution is -0.120. The number of thioether (sulfide) groups is 1. The molecule has 1 aromatic carbocycles. The first kappa shape index (κ1) is 15.1. The molecule has 1 atom stereocenters. The molecule has 1 amide bonds. The van der Waals surface area contributed by atoms with Crippen LogP contribution in [0.3, 0.4) is 0 Å². The van der Waals surface area contributed by atoms with Gasteiger partial charge in [-0.1, -0.05) is 42.1 Å². The van der Waals surface area contributed by atoms with E-state index in [4.69, 9.17) is 5.73 Å². The zero-order valence-electron chi connectivity index (χ0n) is 11.5. The molecule has 0 bridgehead atoms. The van der Waals surface area contributed by atoms with Crippen molar-refractivity contribution in [2.24, 2.45) is 0 Å². The maximum Gasteiger partial charge on any atom is 0.253 e. The monoisotopic (exact) mass is 304 g/mol. The van der Waals surface area contributed by atoms with E-state index in [-0.39, 0.29) is 17.3 Å². The number of aromatic nitrogens is 2. The number of carbonyl (C=O) groups excluding carboxylic acids is 1. The number of benzene rings is 1. The second-order valence-corrected chi connectivity index (χ2v) is 5.77. The fourth-order valence-electron chi connectivity index (χ4n) is 1.66. The van der Waals surface area contributed by atoms with Crippen molar-refractivity contribution in [2.75, 3.05) is 5.73 Å². The van der Waals surface area contributed by atoms with Crippen molar-refractivity contribution in [3.05, 3.63) is 52.3 Å². The maximum absolute atomic E-state index is 12.0. The number of aromatic amines is 1. The summed E-state index contributed by atoms with van der Waals surface area (Å²) in [5.74, 6) is 0.00655. The van der Waals surface area contributed by atoms with Gasteiger partial charge in [-0.05, 0) is 12.5 Å². The maximum atomic E-state index is 12.0. The third kappa shape index (κ3) is 4.64. The molecule has 1 heterocycles. The molecule has 0 saturated carbocycles. The predicted octanol–water partition coefficient (Wildman–Crippen LogP) is 1.15. The average Bonchev–Trinajstić information content (AvgIpc) is 2.44.